The van der Waals surface area contributed by atoms with E-state index in [0.717, 1.165) is 11.0 Å². The molecule has 0 spiro atoms. The van der Waals surface area contributed by atoms with Crippen LogP contribution in [-0.2, 0) is 16.0 Å². The van der Waals surface area contributed by atoms with Crippen LogP contribution in [0.15, 0.2) is 48.5 Å². The maximum Gasteiger partial charge on any atom is 0.251 e. The molecule has 144 valence electrons. The van der Waals surface area contributed by atoms with E-state index in [1.807, 2.05) is 24.3 Å². The largest absolute Gasteiger partial charge is 0.352 e. The highest BCUT2D eigenvalue weighted by molar-refractivity contribution is 6.30. The van der Waals surface area contributed by atoms with Gasteiger partial charge in [0.2, 0.25) is 11.8 Å². The van der Waals surface area contributed by atoms with Gasteiger partial charge in [0.15, 0.2) is 0 Å². The van der Waals surface area contributed by atoms with E-state index in [9.17, 15) is 14.4 Å². The third-order valence-corrected chi connectivity index (χ3v) is 4.10. The van der Waals surface area contributed by atoms with Gasteiger partial charge in [-0.05, 0) is 36.4 Å². The van der Waals surface area contributed by atoms with Crippen molar-refractivity contribution in [2.75, 3.05) is 6.54 Å². The lowest BCUT2D eigenvalue weighted by atomic mass is 10.2. The van der Waals surface area contributed by atoms with Crippen molar-refractivity contribution in [3.8, 4) is 0 Å². The Hall–Kier alpha value is -3.39. The van der Waals surface area contributed by atoms with Gasteiger partial charge >= 0.3 is 0 Å². The van der Waals surface area contributed by atoms with Gasteiger partial charge in [0.25, 0.3) is 5.91 Å². The van der Waals surface area contributed by atoms with E-state index in [-0.39, 0.29) is 25.3 Å². The quantitative estimate of drug-likeness (QED) is 0.472. The molecule has 0 radical (unpaired) electrons. The van der Waals surface area contributed by atoms with Gasteiger partial charge in [-0.15, -0.1) is 0 Å². The first-order valence-corrected chi connectivity index (χ1v) is 8.94. The van der Waals surface area contributed by atoms with Gasteiger partial charge in [0, 0.05) is 23.6 Å². The number of rotatable bonds is 6. The summed E-state index contributed by atoms with van der Waals surface area (Å²) in [4.78, 5) is 43.0. The fourth-order valence-electron chi connectivity index (χ4n) is 2.48. The molecular weight excluding hydrogens is 382 g/mol. The Morgan fingerprint density at radius 3 is 2.43 bits per heavy atom. The maximum absolute atomic E-state index is 11.9. The van der Waals surface area contributed by atoms with Crippen LogP contribution >= 0.6 is 11.6 Å². The summed E-state index contributed by atoms with van der Waals surface area (Å²) in [5, 5.41) is 3.16. The van der Waals surface area contributed by atoms with Crippen molar-refractivity contribution < 1.29 is 14.4 Å². The van der Waals surface area contributed by atoms with E-state index < -0.39 is 11.8 Å². The lowest BCUT2D eigenvalue weighted by Crippen LogP contribution is -2.43. The third-order valence-electron chi connectivity index (χ3n) is 3.85. The Morgan fingerprint density at radius 2 is 1.68 bits per heavy atom. The topological polar surface area (TPSA) is 116 Å². The highest BCUT2D eigenvalue weighted by Gasteiger charge is 2.10. The monoisotopic (exact) mass is 399 g/mol. The van der Waals surface area contributed by atoms with Crippen molar-refractivity contribution in [2.45, 2.75) is 12.8 Å². The number of nitrogens with one attached hydrogen (secondary N) is 4. The van der Waals surface area contributed by atoms with Crippen LogP contribution in [0.5, 0.6) is 0 Å². The Morgan fingerprint density at radius 1 is 0.964 bits per heavy atom. The predicted octanol–water partition coefficient (Wildman–Crippen LogP) is 1.73. The average molecular weight is 400 g/mol. The molecule has 3 amide bonds. The number of carbonyl (C=O) groups excluding carboxylic acids is 3. The summed E-state index contributed by atoms with van der Waals surface area (Å²) < 4.78 is 0. The van der Waals surface area contributed by atoms with Gasteiger partial charge in [0.05, 0.1) is 17.5 Å². The fourth-order valence-corrected chi connectivity index (χ4v) is 2.61. The molecule has 0 saturated heterocycles. The van der Waals surface area contributed by atoms with Crippen LogP contribution in [-0.4, -0.2) is 34.2 Å². The molecule has 3 aromatic rings. The SMILES string of the molecule is O=C(CCNC(=O)c1ccc(Cl)cc1)NNC(=O)Cc1nc2ccccc2[nH]1. The van der Waals surface area contributed by atoms with Gasteiger partial charge in [-0.25, -0.2) is 4.98 Å². The van der Waals surface area contributed by atoms with Gasteiger partial charge in [0.1, 0.15) is 5.82 Å². The first-order chi connectivity index (χ1) is 13.5. The first-order valence-electron chi connectivity index (χ1n) is 8.56. The minimum absolute atomic E-state index is 0.00224. The number of benzene rings is 2. The normalized spacial score (nSPS) is 10.5. The summed E-state index contributed by atoms with van der Waals surface area (Å²) >= 11 is 5.77. The molecule has 0 aliphatic carbocycles. The van der Waals surface area contributed by atoms with E-state index in [1.165, 1.54) is 0 Å². The molecule has 2 aromatic carbocycles. The number of nitrogens with zero attached hydrogens (tertiary/aromatic N) is 1. The van der Waals surface area contributed by atoms with Crippen molar-refractivity contribution in [3.05, 3.63) is 64.9 Å². The molecule has 0 bridgehead atoms. The number of aromatic amines is 1. The predicted molar refractivity (Wildman–Crippen MR) is 104 cm³/mol. The summed E-state index contributed by atoms with van der Waals surface area (Å²) in [6.45, 7) is 0.132. The van der Waals surface area contributed by atoms with E-state index in [4.69, 9.17) is 11.6 Å². The Kier molecular flexibility index (Phi) is 6.23. The number of H-pyrrole nitrogens is 1. The molecule has 0 unspecified atom stereocenters. The molecule has 3 rings (SSSR count). The zero-order valence-electron chi connectivity index (χ0n) is 14.8. The van der Waals surface area contributed by atoms with E-state index in [0.29, 0.717) is 16.4 Å². The number of hydrogen-bond acceptors (Lipinski definition) is 4. The molecule has 8 nitrogen and oxygen atoms in total. The van der Waals surface area contributed by atoms with Crippen molar-refractivity contribution in [1.29, 1.82) is 0 Å². The highest BCUT2D eigenvalue weighted by Crippen LogP contribution is 2.10. The van der Waals surface area contributed by atoms with Crippen molar-refractivity contribution in [1.82, 2.24) is 26.1 Å². The van der Waals surface area contributed by atoms with Crippen LogP contribution in [0, 0.1) is 0 Å². The summed E-state index contributed by atoms with van der Waals surface area (Å²) in [7, 11) is 0. The molecule has 9 heteroatoms. The van der Waals surface area contributed by atoms with Crippen molar-refractivity contribution >= 4 is 40.4 Å². The standard InChI is InChI=1S/C19H18ClN5O3/c20-13-7-5-12(6-8-13)19(28)21-10-9-17(26)24-25-18(27)11-16-22-14-3-1-2-4-15(14)23-16/h1-8H,9-11H2,(H,21,28)(H,22,23)(H,24,26)(H,25,27). The second-order valence-electron chi connectivity index (χ2n) is 5.99. The number of fused-ring (bicyclic) bond motifs is 1. The van der Waals surface area contributed by atoms with E-state index >= 15 is 0 Å². The molecule has 0 aliphatic rings. The minimum atomic E-state index is -0.422. The van der Waals surface area contributed by atoms with Crippen molar-refractivity contribution in [2.24, 2.45) is 0 Å². The van der Waals surface area contributed by atoms with Crippen LogP contribution in [0.3, 0.4) is 0 Å². The van der Waals surface area contributed by atoms with Gasteiger partial charge in [-0.2, -0.15) is 0 Å². The number of imidazole rings is 1. The van der Waals surface area contributed by atoms with Crippen LogP contribution in [0.2, 0.25) is 5.02 Å². The highest BCUT2D eigenvalue weighted by atomic mass is 35.5. The molecule has 4 N–H and O–H groups in total. The number of halogens is 1. The molecule has 0 saturated carbocycles. The van der Waals surface area contributed by atoms with E-state index in [1.54, 1.807) is 24.3 Å². The number of amides is 3. The van der Waals surface area contributed by atoms with Crippen molar-refractivity contribution in [3.63, 3.8) is 0 Å². The zero-order valence-corrected chi connectivity index (χ0v) is 15.5. The zero-order chi connectivity index (χ0) is 19.9. The molecule has 1 heterocycles. The molecule has 0 atom stereocenters. The first kappa shape index (κ1) is 19.4. The summed E-state index contributed by atoms with van der Waals surface area (Å²) in [6.07, 6.45) is 0.0203. The third kappa shape index (κ3) is 5.31. The van der Waals surface area contributed by atoms with Crippen LogP contribution in [0.1, 0.15) is 22.6 Å². The molecular formula is C19H18ClN5O3. The maximum atomic E-state index is 11.9. The number of hydrogen-bond donors (Lipinski definition) is 4. The number of aromatic nitrogens is 2. The van der Waals surface area contributed by atoms with Crippen LogP contribution in [0.25, 0.3) is 11.0 Å². The Labute approximate surface area is 165 Å². The smallest absolute Gasteiger partial charge is 0.251 e. The summed E-state index contributed by atoms with van der Waals surface area (Å²) in [6, 6.07) is 13.8. The number of carbonyl (C=O) groups is 3. The second-order valence-corrected chi connectivity index (χ2v) is 6.42. The van der Waals surface area contributed by atoms with Crippen LogP contribution < -0.4 is 16.2 Å². The summed E-state index contributed by atoms with van der Waals surface area (Å²) in [5.74, 6) is -0.631. The average Bonchev–Trinajstić information content (AvgIpc) is 3.09. The lowest BCUT2D eigenvalue weighted by Gasteiger charge is -2.08. The van der Waals surface area contributed by atoms with Crippen LogP contribution in [0.4, 0.5) is 0 Å². The molecule has 28 heavy (non-hydrogen) atoms. The van der Waals surface area contributed by atoms with Gasteiger partial charge < -0.3 is 10.3 Å². The van der Waals surface area contributed by atoms with Gasteiger partial charge in [-0.3, -0.25) is 25.2 Å². The molecule has 0 aliphatic heterocycles. The summed E-state index contributed by atoms with van der Waals surface area (Å²) in [5.41, 5.74) is 6.69. The Bertz CT molecular complexity index is 967. The Balaban J connectivity index is 1.37. The van der Waals surface area contributed by atoms with E-state index in [2.05, 4.69) is 26.1 Å². The second kappa shape index (κ2) is 9.01. The molecule has 1 aromatic heterocycles. The minimum Gasteiger partial charge on any atom is -0.352 e. The molecule has 0 fully saturated rings. The fraction of sp³-hybridized carbons (Fsp3) is 0.158. The lowest BCUT2D eigenvalue weighted by molar-refractivity contribution is -0.128. The van der Waals surface area contributed by atoms with Gasteiger partial charge in [-0.1, -0.05) is 23.7 Å². The number of para-hydroxylation sites is 2. The number of hydrazine groups is 1.